The molecule has 0 atom stereocenters. The Kier molecular flexibility index (Phi) is 4.14. The number of carboxylic acid groups (broad SMARTS) is 1. The van der Waals surface area contributed by atoms with Crippen LogP contribution in [0.3, 0.4) is 0 Å². The van der Waals surface area contributed by atoms with Gasteiger partial charge in [0, 0.05) is 12.4 Å². The Hall–Kier alpha value is -2.62. The maximum Gasteiger partial charge on any atom is 0.353 e. The highest BCUT2D eigenvalue weighted by Crippen LogP contribution is 2.23. The van der Waals surface area contributed by atoms with E-state index in [4.69, 9.17) is 0 Å². The molecule has 2 aromatic heterocycles. The summed E-state index contributed by atoms with van der Waals surface area (Å²) in [6, 6.07) is 12.3. The van der Waals surface area contributed by atoms with Crippen LogP contribution in [0, 0.1) is 0 Å². The Labute approximate surface area is 141 Å². The maximum absolute atomic E-state index is 11.7. The van der Waals surface area contributed by atoms with Crippen molar-refractivity contribution in [3.63, 3.8) is 0 Å². The molecule has 0 aliphatic heterocycles. The van der Waals surface area contributed by atoms with Gasteiger partial charge in [-0.15, -0.1) is 0 Å². The number of fused-ring (bicyclic) bond motifs is 1. The second kappa shape index (κ2) is 6.11. The highest BCUT2D eigenvalue weighted by Gasteiger charge is 2.16. The molecular weight excluding hydrogens is 300 g/mol. The van der Waals surface area contributed by atoms with Gasteiger partial charge in [-0.2, -0.15) is 0 Å². The van der Waals surface area contributed by atoms with Crippen LogP contribution in [-0.2, 0) is 18.3 Å². The van der Waals surface area contributed by atoms with Gasteiger partial charge in [-0.1, -0.05) is 51.1 Å². The highest BCUT2D eigenvalue weighted by molar-refractivity contribution is 5.88. The number of carbonyl (C=O) groups is 1. The van der Waals surface area contributed by atoms with Crippen LogP contribution in [0.15, 0.2) is 48.8 Å². The molecule has 1 aromatic carbocycles. The highest BCUT2D eigenvalue weighted by atomic mass is 16.4. The Morgan fingerprint density at radius 1 is 1.08 bits per heavy atom. The number of hydrogen-bond acceptors (Lipinski definition) is 2. The van der Waals surface area contributed by atoms with Gasteiger partial charge in [0.2, 0.25) is 0 Å². The fraction of sp³-hybridized carbons (Fsp3) is 0.300. The smallest absolute Gasteiger partial charge is 0.353 e. The predicted octanol–water partition coefficient (Wildman–Crippen LogP) is 4.12. The Balaban J connectivity index is 1.83. The molecule has 0 saturated heterocycles. The summed E-state index contributed by atoms with van der Waals surface area (Å²) in [5, 5.41) is 9.56. The van der Waals surface area contributed by atoms with Crippen LogP contribution in [0.25, 0.3) is 5.65 Å². The van der Waals surface area contributed by atoms with Crippen LogP contribution in [0.5, 0.6) is 0 Å². The minimum Gasteiger partial charge on any atom is -0.477 e. The first-order valence-corrected chi connectivity index (χ1v) is 8.14. The van der Waals surface area contributed by atoms with Crippen LogP contribution in [0.2, 0.25) is 0 Å². The summed E-state index contributed by atoms with van der Waals surface area (Å²) in [6.45, 7) is 6.59. The van der Waals surface area contributed by atoms with E-state index in [2.05, 4.69) is 50.0 Å². The molecule has 0 spiro atoms. The number of hydrogen-bond donors (Lipinski definition) is 1. The van der Waals surface area contributed by atoms with Crippen molar-refractivity contribution >= 4 is 11.6 Å². The number of pyridine rings is 1. The molecule has 0 radical (unpaired) electrons. The summed E-state index contributed by atoms with van der Waals surface area (Å²) in [5.74, 6) is -0.920. The van der Waals surface area contributed by atoms with E-state index in [0.717, 1.165) is 12.0 Å². The third kappa shape index (κ3) is 3.18. The van der Waals surface area contributed by atoms with E-state index in [-0.39, 0.29) is 5.41 Å². The van der Waals surface area contributed by atoms with Crippen LogP contribution >= 0.6 is 0 Å². The molecule has 4 heteroatoms. The molecule has 4 nitrogen and oxygen atoms in total. The number of benzene rings is 1. The Bertz CT molecular complexity index is 871. The van der Waals surface area contributed by atoms with Crippen molar-refractivity contribution in [2.24, 2.45) is 0 Å². The molecule has 124 valence electrons. The normalized spacial score (nSPS) is 11.8. The van der Waals surface area contributed by atoms with Gasteiger partial charge in [0.25, 0.3) is 0 Å². The lowest BCUT2D eigenvalue weighted by molar-refractivity contribution is 0.0687. The zero-order valence-electron chi connectivity index (χ0n) is 14.3. The summed E-state index contributed by atoms with van der Waals surface area (Å²) in [4.78, 5) is 15.8. The van der Waals surface area contributed by atoms with Crippen molar-refractivity contribution < 1.29 is 9.90 Å². The lowest BCUT2D eigenvalue weighted by atomic mass is 9.86. The van der Waals surface area contributed by atoms with Crippen molar-refractivity contribution in [2.45, 2.75) is 39.0 Å². The zero-order valence-corrected chi connectivity index (χ0v) is 14.3. The zero-order chi connectivity index (χ0) is 17.3. The average molecular weight is 322 g/mol. The maximum atomic E-state index is 11.7. The fourth-order valence-electron chi connectivity index (χ4n) is 2.93. The fourth-order valence-corrected chi connectivity index (χ4v) is 2.93. The number of imidazole rings is 1. The molecular formula is C20H22N2O2. The first-order valence-electron chi connectivity index (χ1n) is 8.14. The van der Waals surface area contributed by atoms with E-state index in [1.807, 2.05) is 12.1 Å². The van der Waals surface area contributed by atoms with Crippen molar-refractivity contribution in [1.29, 1.82) is 0 Å². The second-order valence-electron chi connectivity index (χ2n) is 7.11. The summed E-state index contributed by atoms with van der Waals surface area (Å²) in [6.07, 6.45) is 4.81. The van der Waals surface area contributed by atoms with Gasteiger partial charge in [0.15, 0.2) is 0 Å². The van der Waals surface area contributed by atoms with Gasteiger partial charge < -0.3 is 5.11 Å². The number of aromatic carboxylic acids is 1. The molecule has 2 heterocycles. The van der Waals surface area contributed by atoms with Gasteiger partial charge in [0.05, 0.1) is 0 Å². The second-order valence-corrected chi connectivity index (χ2v) is 7.11. The summed E-state index contributed by atoms with van der Waals surface area (Å²) < 4.78 is 1.64. The first kappa shape index (κ1) is 16.2. The molecule has 0 unspecified atom stereocenters. The minimum absolute atomic E-state index is 0.140. The van der Waals surface area contributed by atoms with Crippen LogP contribution in [0.4, 0.5) is 0 Å². The van der Waals surface area contributed by atoms with Crippen LogP contribution < -0.4 is 0 Å². The Morgan fingerprint density at radius 2 is 1.79 bits per heavy atom. The van der Waals surface area contributed by atoms with Gasteiger partial charge >= 0.3 is 5.97 Å². The van der Waals surface area contributed by atoms with E-state index in [1.165, 1.54) is 11.1 Å². The molecule has 24 heavy (non-hydrogen) atoms. The number of aryl methyl sites for hydroxylation is 2. The predicted molar refractivity (Wildman–Crippen MR) is 94.7 cm³/mol. The molecule has 0 aliphatic carbocycles. The van der Waals surface area contributed by atoms with E-state index in [0.29, 0.717) is 17.8 Å². The van der Waals surface area contributed by atoms with Crippen molar-refractivity contribution in [3.8, 4) is 0 Å². The molecule has 3 rings (SSSR count). The van der Waals surface area contributed by atoms with Crippen LogP contribution in [-0.4, -0.2) is 20.5 Å². The van der Waals surface area contributed by atoms with E-state index in [9.17, 15) is 9.90 Å². The SMILES string of the molecule is CC(C)(C)c1ccc(CCc2ccc3nccn3c2C(=O)O)cc1. The van der Waals surface area contributed by atoms with Gasteiger partial charge in [-0.3, -0.25) is 4.40 Å². The van der Waals surface area contributed by atoms with Crippen molar-refractivity contribution in [2.75, 3.05) is 0 Å². The number of carboxylic acids is 1. The third-order valence-electron chi connectivity index (χ3n) is 4.35. The monoisotopic (exact) mass is 322 g/mol. The molecule has 0 bridgehead atoms. The quantitative estimate of drug-likeness (QED) is 0.786. The summed E-state index contributed by atoms with van der Waals surface area (Å²) >= 11 is 0. The van der Waals surface area contributed by atoms with Gasteiger partial charge in [0.1, 0.15) is 11.3 Å². The van der Waals surface area contributed by atoms with Crippen molar-refractivity contribution in [1.82, 2.24) is 9.38 Å². The number of rotatable bonds is 4. The lowest BCUT2D eigenvalue weighted by Gasteiger charge is -2.19. The molecule has 1 N–H and O–H groups in total. The molecule has 3 aromatic rings. The van der Waals surface area contributed by atoms with E-state index < -0.39 is 5.97 Å². The number of aromatic nitrogens is 2. The van der Waals surface area contributed by atoms with E-state index >= 15 is 0 Å². The molecule has 0 aliphatic rings. The molecule has 0 fully saturated rings. The summed E-state index contributed by atoms with van der Waals surface area (Å²) in [5.41, 5.74) is 4.44. The van der Waals surface area contributed by atoms with Crippen molar-refractivity contribution in [3.05, 3.63) is 71.2 Å². The minimum atomic E-state index is -0.920. The van der Waals surface area contributed by atoms with Crippen LogP contribution in [0.1, 0.15) is 48.0 Å². The van der Waals surface area contributed by atoms with Gasteiger partial charge in [-0.25, -0.2) is 9.78 Å². The largest absolute Gasteiger partial charge is 0.477 e. The molecule has 0 saturated carbocycles. The number of nitrogens with zero attached hydrogens (tertiary/aromatic N) is 2. The third-order valence-corrected chi connectivity index (χ3v) is 4.35. The average Bonchev–Trinajstić information content (AvgIpc) is 3.00. The van der Waals surface area contributed by atoms with Gasteiger partial charge in [-0.05, 0) is 41.0 Å². The lowest BCUT2D eigenvalue weighted by Crippen LogP contribution is -2.11. The molecule has 0 amide bonds. The van der Waals surface area contributed by atoms with E-state index in [1.54, 1.807) is 16.8 Å². The first-order chi connectivity index (χ1) is 11.4. The Morgan fingerprint density at radius 3 is 2.42 bits per heavy atom. The topological polar surface area (TPSA) is 54.6 Å². The standard InChI is InChI=1S/C20H22N2O2/c1-20(2,3)16-9-5-14(6-10-16)4-7-15-8-11-17-21-12-13-22(17)18(15)19(23)24/h5-6,8-13H,4,7H2,1-3H3,(H,23,24). The summed E-state index contributed by atoms with van der Waals surface area (Å²) in [7, 11) is 0.